The predicted octanol–water partition coefficient (Wildman–Crippen LogP) is 3.36. The number of hydrogen-bond donors (Lipinski definition) is 0. The van der Waals surface area contributed by atoms with Crippen LogP contribution in [0, 0.1) is 0 Å². The van der Waals surface area contributed by atoms with Crippen molar-refractivity contribution in [2.75, 3.05) is 0 Å². The summed E-state index contributed by atoms with van der Waals surface area (Å²) in [5.74, 6) is 0. The number of rotatable bonds is 2. The summed E-state index contributed by atoms with van der Waals surface area (Å²) in [7, 11) is 0. The molecular formula is C11H6ClF3N2O. The molecule has 18 heavy (non-hydrogen) atoms. The van der Waals surface area contributed by atoms with E-state index in [1.807, 2.05) is 0 Å². The second-order valence-electron chi connectivity index (χ2n) is 3.46. The maximum Gasteiger partial charge on any atom is 0.419 e. The molecule has 0 aliphatic carbocycles. The molecule has 0 unspecified atom stereocenters. The van der Waals surface area contributed by atoms with Crippen molar-refractivity contribution in [3.63, 3.8) is 0 Å². The zero-order chi connectivity index (χ0) is 13.3. The molecule has 0 saturated carbocycles. The van der Waals surface area contributed by atoms with Gasteiger partial charge in [0.2, 0.25) is 0 Å². The van der Waals surface area contributed by atoms with Crippen LogP contribution in [0.2, 0.25) is 5.02 Å². The summed E-state index contributed by atoms with van der Waals surface area (Å²) in [6.07, 6.45) is -2.50. The lowest BCUT2D eigenvalue weighted by molar-refractivity contribution is -0.137. The molecule has 0 aliphatic rings. The molecule has 0 spiro atoms. The van der Waals surface area contributed by atoms with Gasteiger partial charge in [-0.25, -0.2) is 4.68 Å². The number of halogens is 4. The Morgan fingerprint density at radius 2 is 2.06 bits per heavy atom. The maximum atomic E-state index is 12.4. The zero-order valence-corrected chi connectivity index (χ0v) is 9.53. The average Bonchev–Trinajstić information content (AvgIpc) is 2.77. The highest BCUT2D eigenvalue weighted by molar-refractivity contribution is 6.33. The van der Waals surface area contributed by atoms with Crippen molar-refractivity contribution in [3.8, 4) is 5.69 Å². The molecule has 0 fully saturated rings. The van der Waals surface area contributed by atoms with Crippen LogP contribution in [0.15, 0.2) is 30.6 Å². The number of carbonyl (C=O) groups is 1. The second kappa shape index (κ2) is 4.45. The van der Waals surface area contributed by atoms with Crippen molar-refractivity contribution in [1.29, 1.82) is 0 Å². The predicted molar refractivity (Wildman–Crippen MR) is 59.0 cm³/mol. The van der Waals surface area contributed by atoms with E-state index in [4.69, 9.17) is 11.6 Å². The number of nitrogens with zero attached hydrogens (tertiary/aromatic N) is 2. The molecule has 94 valence electrons. The van der Waals surface area contributed by atoms with Crippen molar-refractivity contribution in [1.82, 2.24) is 9.78 Å². The lowest BCUT2D eigenvalue weighted by Crippen LogP contribution is -2.03. The van der Waals surface area contributed by atoms with E-state index in [-0.39, 0.29) is 16.3 Å². The molecule has 1 aromatic heterocycles. The normalized spacial score (nSPS) is 11.6. The fourth-order valence-electron chi connectivity index (χ4n) is 1.44. The maximum absolute atomic E-state index is 12.4. The van der Waals surface area contributed by atoms with Gasteiger partial charge in [-0.2, -0.15) is 18.3 Å². The lowest BCUT2D eigenvalue weighted by Gasteiger charge is -2.06. The third-order valence-corrected chi connectivity index (χ3v) is 2.63. The van der Waals surface area contributed by atoms with Crippen LogP contribution in [0.4, 0.5) is 13.2 Å². The first kappa shape index (κ1) is 12.6. The van der Waals surface area contributed by atoms with E-state index in [1.54, 1.807) is 0 Å². The molecule has 0 radical (unpaired) electrons. The molecule has 0 amide bonds. The van der Waals surface area contributed by atoms with Gasteiger partial charge in [0.05, 0.1) is 28.0 Å². The van der Waals surface area contributed by atoms with Gasteiger partial charge < -0.3 is 0 Å². The van der Waals surface area contributed by atoms with Gasteiger partial charge in [-0.05, 0) is 12.1 Å². The Hall–Kier alpha value is -1.82. The van der Waals surface area contributed by atoms with Crippen LogP contribution in [-0.4, -0.2) is 16.1 Å². The first-order chi connectivity index (χ1) is 8.43. The smallest absolute Gasteiger partial charge is 0.298 e. The lowest BCUT2D eigenvalue weighted by atomic mass is 10.2. The molecule has 0 aliphatic heterocycles. The largest absolute Gasteiger partial charge is 0.419 e. The molecule has 0 saturated heterocycles. The molecule has 2 aromatic rings. The molecule has 0 atom stereocenters. The zero-order valence-electron chi connectivity index (χ0n) is 8.78. The summed E-state index contributed by atoms with van der Waals surface area (Å²) >= 11 is 5.78. The number of aromatic nitrogens is 2. The molecule has 2 rings (SSSR count). The van der Waals surface area contributed by atoms with E-state index >= 15 is 0 Å². The highest BCUT2D eigenvalue weighted by atomic mass is 35.5. The van der Waals surface area contributed by atoms with Crippen LogP contribution < -0.4 is 0 Å². The van der Waals surface area contributed by atoms with Crippen LogP contribution in [0.25, 0.3) is 5.69 Å². The van der Waals surface area contributed by atoms with Gasteiger partial charge in [-0.3, -0.25) is 4.79 Å². The van der Waals surface area contributed by atoms with E-state index in [9.17, 15) is 18.0 Å². The number of alkyl halides is 3. The third-order valence-electron chi connectivity index (χ3n) is 2.30. The number of aldehydes is 1. The van der Waals surface area contributed by atoms with Crippen molar-refractivity contribution in [2.45, 2.75) is 6.18 Å². The SMILES string of the molecule is O=Cc1c(Cl)cccc1-n1cc(C(F)(F)F)cn1. The van der Waals surface area contributed by atoms with Crippen LogP contribution in [0.3, 0.4) is 0 Å². The van der Waals surface area contributed by atoms with E-state index in [0.29, 0.717) is 12.5 Å². The van der Waals surface area contributed by atoms with Gasteiger partial charge in [0.25, 0.3) is 0 Å². The summed E-state index contributed by atoms with van der Waals surface area (Å²) in [5, 5.41) is 3.74. The molecular weight excluding hydrogens is 269 g/mol. The minimum atomic E-state index is -4.47. The fraction of sp³-hybridized carbons (Fsp3) is 0.0909. The fourth-order valence-corrected chi connectivity index (χ4v) is 1.66. The standard InChI is InChI=1S/C11H6ClF3N2O/c12-9-2-1-3-10(8(9)6-18)17-5-7(4-16-17)11(13,14)15/h1-6H. The van der Waals surface area contributed by atoms with Gasteiger partial charge in [0.15, 0.2) is 6.29 Å². The Morgan fingerprint density at radius 1 is 1.33 bits per heavy atom. The summed E-state index contributed by atoms with van der Waals surface area (Å²) < 4.78 is 38.3. The van der Waals surface area contributed by atoms with Crippen molar-refractivity contribution in [2.24, 2.45) is 0 Å². The Kier molecular flexibility index (Phi) is 3.13. The summed E-state index contributed by atoms with van der Waals surface area (Å²) in [6.45, 7) is 0. The summed E-state index contributed by atoms with van der Waals surface area (Å²) in [5.41, 5.74) is -0.594. The van der Waals surface area contributed by atoms with Gasteiger partial charge in [0.1, 0.15) is 0 Å². The van der Waals surface area contributed by atoms with Gasteiger partial charge >= 0.3 is 6.18 Å². The van der Waals surface area contributed by atoms with Crippen molar-refractivity contribution in [3.05, 3.63) is 46.7 Å². The Morgan fingerprint density at radius 3 is 2.61 bits per heavy atom. The Labute approximate surface area is 105 Å². The van der Waals surface area contributed by atoms with Gasteiger partial charge in [-0.1, -0.05) is 17.7 Å². The third kappa shape index (κ3) is 2.24. The number of hydrogen-bond acceptors (Lipinski definition) is 2. The quantitative estimate of drug-likeness (QED) is 0.787. The van der Waals surface area contributed by atoms with E-state index in [0.717, 1.165) is 10.9 Å². The molecule has 7 heteroatoms. The number of carbonyl (C=O) groups excluding carboxylic acids is 1. The average molecular weight is 275 g/mol. The van der Waals surface area contributed by atoms with E-state index in [2.05, 4.69) is 5.10 Å². The highest BCUT2D eigenvalue weighted by Gasteiger charge is 2.32. The van der Waals surface area contributed by atoms with E-state index < -0.39 is 11.7 Å². The minimum absolute atomic E-state index is 0.0935. The van der Waals surface area contributed by atoms with Crippen LogP contribution in [0.5, 0.6) is 0 Å². The number of benzene rings is 1. The summed E-state index contributed by atoms with van der Waals surface area (Å²) in [6, 6.07) is 4.46. The molecule has 0 N–H and O–H groups in total. The molecule has 3 nitrogen and oxygen atoms in total. The Bertz CT molecular complexity index is 592. The first-order valence-corrected chi connectivity index (χ1v) is 5.17. The van der Waals surface area contributed by atoms with Crippen LogP contribution in [0.1, 0.15) is 15.9 Å². The monoisotopic (exact) mass is 274 g/mol. The Balaban J connectivity index is 2.53. The van der Waals surface area contributed by atoms with Crippen molar-refractivity contribution < 1.29 is 18.0 Å². The highest BCUT2D eigenvalue weighted by Crippen LogP contribution is 2.30. The second-order valence-corrected chi connectivity index (χ2v) is 3.87. The molecule has 1 aromatic carbocycles. The van der Waals surface area contributed by atoms with Crippen LogP contribution >= 0.6 is 11.6 Å². The summed E-state index contributed by atoms with van der Waals surface area (Å²) in [4.78, 5) is 10.9. The molecule has 1 heterocycles. The topological polar surface area (TPSA) is 34.9 Å². The molecule has 0 bridgehead atoms. The first-order valence-electron chi connectivity index (χ1n) is 4.79. The minimum Gasteiger partial charge on any atom is -0.298 e. The van der Waals surface area contributed by atoms with E-state index in [1.165, 1.54) is 18.2 Å². The van der Waals surface area contributed by atoms with Gasteiger partial charge in [-0.15, -0.1) is 0 Å². The van der Waals surface area contributed by atoms with Crippen molar-refractivity contribution >= 4 is 17.9 Å². The van der Waals surface area contributed by atoms with Crippen LogP contribution in [-0.2, 0) is 6.18 Å². The van der Waals surface area contributed by atoms with Gasteiger partial charge in [0, 0.05) is 6.20 Å².